The molecule has 0 bridgehead atoms. The van der Waals surface area contributed by atoms with Crippen LogP contribution in [0.5, 0.6) is 5.88 Å². The molecule has 2 aliphatic rings. The number of nitrogens with two attached hydrogens (primary N) is 1. The third kappa shape index (κ3) is 5.85. The lowest BCUT2D eigenvalue weighted by Gasteiger charge is -2.34. The summed E-state index contributed by atoms with van der Waals surface area (Å²) >= 11 is 0. The number of aryl methyl sites for hydroxylation is 1. The van der Waals surface area contributed by atoms with Crippen LogP contribution >= 0.6 is 0 Å². The zero-order valence-electron chi connectivity index (χ0n) is 21.0. The van der Waals surface area contributed by atoms with Crippen LogP contribution < -0.4 is 10.5 Å². The van der Waals surface area contributed by atoms with Crippen LogP contribution in [0.2, 0.25) is 0 Å². The molecule has 0 aromatic carbocycles. The number of pyridine rings is 1. The van der Waals surface area contributed by atoms with Crippen LogP contribution in [0.1, 0.15) is 50.7 Å². The maximum Gasteiger partial charge on any atom is 0.215 e. The van der Waals surface area contributed by atoms with E-state index in [2.05, 4.69) is 35.0 Å². The van der Waals surface area contributed by atoms with E-state index in [4.69, 9.17) is 20.2 Å². The van der Waals surface area contributed by atoms with Crippen LogP contribution in [0.25, 0.3) is 5.70 Å². The first-order chi connectivity index (χ1) is 16.4. The minimum Gasteiger partial charge on any atom is -0.481 e. The fourth-order valence-corrected chi connectivity index (χ4v) is 4.83. The van der Waals surface area contributed by atoms with E-state index in [1.807, 2.05) is 23.9 Å². The van der Waals surface area contributed by atoms with E-state index in [1.54, 1.807) is 13.3 Å². The third-order valence-corrected chi connectivity index (χ3v) is 6.90. The Labute approximate surface area is 202 Å². The van der Waals surface area contributed by atoms with Crippen molar-refractivity contribution in [3.8, 4) is 5.88 Å². The van der Waals surface area contributed by atoms with Crippen LogP contribution in [-0.2, 0) is 11.3 Å². The van der Waals surface area contributed by atoms with Crippen LogP contribution in [0.15, 0.2) is 35.2 Å². The lowest BCUT2D eigenvalue weighted by Crippen LogP contribution is -2.39. The first kappa shape index (κ1) is 24.4. The van der Waals surface area contributed by atoms with Crippen molar-refractivity contribution >= 4 is 17.1 Å². The van der Waals surface area contributed by atoms with Gasteiger partial charge in [-0.3, -0.25) is 4.68 Å². The second-order valence-corrected chi connectivity index (χ2v) is 9.61. The fourth-order valence-electron chi connectivity index (χ4n) is 4.83. The number of methoxy groups -OCH3 is 1. The minimum atomic E-state index is 0.613. The second-order valence-electron chi connectivity index (χ2n) is 9.61. The Bertz CT molecular complexity index is 1030. The predicted molar refractivity (Wildman–Crippen MR) is 135 cm³/mol. The lowest BCUT2D eigenvalue weighted by molar-refractivity contribution is 0.140. The first-order valence-electron chi connectivity index (χ1n) is 12.4. The van der Waals surface area contributed by atoms with Crippen molar-refractivity contribution < 1.29 is 9.47 Å². The van der Waals surface area contributed by atoms with Gasteiger partial charge in [0.25, 0.3) is 0 Å². The normalized spacial score (nSPS) is 21.1. The molecule has 2 saturated heterocycles. The van der Waals surface area contributed by atoms with Gasteiger partial charge in [0.15, 0.2) is 0 Å². The van der Waals surface area contributed by atoms with Gasteiger partial charge in [0, 0.05) is 47.7 Å². The minimum absolute atomic E-state index is 0.613. The molecule has 2 aromatic heterocycles. The van der Waals surface area contributed by atoms with E-state index >= 15 is 0 Å². The Morgan fingerprint density at radius 1 is 1.24 bits per heavy atom. The van der Waals surface area contributed by atoms with Crippen LogP contribution in [0.3, 0.4) is 0 Å². The average molecular weight is 467 g/mol. The van der Waals surface area contributed by atoms with Crippen LogP contribution in [0, 0.1) is 12.8 Å². The molecular formula is C26H38N6O2. The van der Waals surface area contributed by atoms with Crippen LogP contribution in [-0.4, -0.2) is 64.8 Å². The topological polar surface area (TPSA) is 90.8 Å². The maximum absolute atomic E-state index is 6.64. The summed E-state index contributed by atoms with van der Waals surface area (Å²) in [4.78, 5) is 11.9. The highest BCUT2D eigenvalue weighted by atomic mass is 16.5. The van der Waals surface area contributed by atoms with Gasteiger partial charge in [-0.2, -0.15) is 5.10 Å². The number of aliphatic imine (C=N–C) groups is 1. The molecule has 0 unspecified atom stereocenters. The summed E-state index contributed by atoms with van der Waals surface area (Å²) in [5.41, 5.74) is 12.0. The molecule has 34 heavy (non-hydrogen) atoms. The molecule has 2 aliphatic heterocycles. The quantitative estimate of drug-likeness (QED) is 0.693. The van der Waals surface area contributed by atoms with Gasteiger partial charge in [0.05, 0.1) is 32.7 Å². The van der Waals surface area contributed by atoms with Gasteiger partial charge in [-0.1, -0.05) is 0 Å². The number of hydrogen-bond acceptors (Lipinski definition) is 7. The van der Waals surface area contributed by atoms with E-state index in [9.17, 15) is 0 Å². The molecule has 2 aromatic rings. The van der Waals surface area contributed by atoms with Crippen molar-refractivity contribution in [1.82, 2.24) is 19.7 Å². The summed E-state index contributed by atoms with van der Waals surface area (Å²) in [6.07, 6.45) is 9.56. The van der Waals surface area contributed by atoms with Crippen molar-refractivity contribution in [3.05, 3.63) is 41.4 Å². The van der Waals surface area contributed by atoms with Crippen molar-refractivity contribution in [2.24, 2.45) is 16.6 Å². The van der Waals surface area contributed by atoms with Gasteiger partial charge in [-0.25, -0.2) is 9.98 Å². The number of aromatic nitrogens is 3. The highest BCUT2D eigenvalue weighted by Crippen LogP contribution is 2.26. The van der Waals surface area contributed by atoms with E-state index in [0.717, 1.165) is 47.5 Å². The van der Waals surface area contributed by atoms with Crippen molar-refractivity contribution in [2.45, 2.75) is 59.0 Å². The monoisotopic (exact) mass is 466 g/mol. The molecule has 0 aliphatic carbocycles. The van der Waals surface area contributed by atoms with Crippen LogP contribution in [0.4, 0.5) is 5.69 Å². The Kier molecular flexibility index (Phi) is 8.00. The molecule has 0 spiro atoms. The van der Waals surface area contributed by atoms with Crippen molar-refractivity contribution in [2.75, 3.05) is 33.4 Å². The zero-order chi connectivity index (χ0) is 24.1. The van der Waals surface area contributed by atoms with Gasteiger partial charge in [0.1, 0.15) is 5.69 Å². The number of likely N-dealkylation sites (tertiary alicyclic amines) is 1. The van der Waals surface area contributed by atoms with Gasteiger partial charge < -0.3 is 20.1 Å². The standard InChI is InChI=1S/C26H38N6O2/c1-18(2)31-9-5-20(6-10-31)16-32-17-22(15-29-32)30-24-8-12-34-11-7-23(24)25(27)21-13-19(3)26(33-4)28-14-21/h13-15,17-18,20H,5-12,16,27H2,1-4H3. The average Bonchev–Trinajstić information content (AvgIpc) is 3.13. The Hall–Kier alpha value is -2.71. The molecular weight excluding hydrogens is 428 g/mol. The number of ether oxygens (including phenoxy) is 2. The molecule has 4 rings (SSSR count). The second kappa shape index (κ2) is 11.1. The molecule has 184 valence electrons. The Morgan fingerprint density at radius 3 is 2.71 bits per heavy atom. The summed E-state index contributed by atoms with van der Waals surface area (Å²) in [6.45, 7) is 11.1. The van der Waals surface area contributed by atoms with E-state index in [1.165, 1.54) is 25.9 Å². The molecule has 0 amide bonds. The van der Waals surface area contributed by atoms with E-state index in [0.29, 0.717) is 36.8 Å². The van der Waals surface area contributed by atoms with Gasteiger partial charge in [-0.15, -0.1) is 0 Å². The fraction of sp³-hybridized carbons (Fsp3) is 0.577. The van der Waals surface area contributed by atoms with Gasteiger partial charge >= 0.3 is 0 Å². The number of nitrogens with zero attached hydrogens (tertiary/aromatic N) is 5. The smallest absolute Gasteiger partial charge is 0.215 e. The summed E-state index contributed by atoms with van der Waals surface area (Å²) < 4.78 is 13.1. The van der Waals surface area contributed by atoms with Crippen molar-refractivity contribution in [1.29, 1.82) is 0 Å². The Balaban J connectivity index is 1.52. The summed E-state index contributed by atoms with van der Waals surface area (Å²) in [5, 5.41) is 4.61. The highest BCUT2D eigenvalue weighted by Gasteiger charge is 2.22. The van der Waals surface area contributed by atoms with Gasteiger partial charge in [0.2, 0.25) is 5.88 Å². The zero-order valence-corrected chi connectivity index (χ0v) is 21.0. The number of piperidine rings is 1. The maximum atomic E-state index is 6.64. The third-order valence-electron chi connectivity index (χ3n) is 6.90. The largest absolute Gasteiger partial charge is 0.481 e. The molecule has 0 saturated carbocycles. The molecule has 0 radical (unpaired) electrons. The molecule has 8 heteroatoms. The summed E-state index contributed by atoms with van der Waals surface area (Å²) in [6, 6.07) is 2.64. The predicted octanol–water partition coefficient (Wildman–Crippen LogP) is 3.97. The SMILES string of the molecule is COc1ncc(C(N)=C2CCOCCC2=Nc2cnn(CC3CCN(C(C)C)CC3)c2)cc1C. The summed E-state index contributed by atoms with van der Waals surface area (Å²) in [5.74, 6) is 1.28. The number of hydrogen-bond donors (Lipinski definition) is 1. The Morgan fingerprint density at radius 2 is 2.00 bits per heavy atom. The summed E-state index contributed by atoms with van der Waals surface area (Å²) in [7, 11) is 1.62. The van der Waals surface area contributed by atoms with E-state index < -0.39 is 0 Å². The molecule has 0 atom stereocenters. The molecule has 8 nitrogen and oxygen atoms in total. The van der Waals surface area contributed by atoms with E-state index in [-0.39, 0.29) is 0 Å². The number of rotatable bonds is 6. The highest BCUT2D eigenvalue weighted by molar-refractivity contribution is 6.07. The molecule has 2 N–H and O–H groups in total. The lowest BCUT2D eigenvalue weighted by atomic mass is 9.96. The van der Waals surface area contributed by atoms with Gasteiger partial charge in [-0.05, 0) is 70.7 Å². The molecule has 4 heterocycles. The first-order valence-corrected chi connectivity index (χ1v) is 12.4. The van der Waals surface area contributed by atoms with Crippen molar-refractivity contribution in [3.63, 3.8) is 0 Å². The molecule has 2 fully saturated rings.